The molecular weight excluding hydrogens is 511 g/mol. The lowest BCUT2D eigenvalue weighted by atomic mass is 10.1. The van der Waals surface area contributed by atoms with Crippen LogP contribution in [0.4, 0.5) is 5.69 Å². The minimum absolute atomic E-state index is 0.0758. The fourth-order valence-corrected chi connectivity index (χ4v) is 6.14. The van der Waals surface area contributed by atoms with Crippen molar-refractivity contribution in [2.45, 2.75) is 31.4 Å². The quantitative estimate of drug-likeness (QED) is 0.311. The number of carbonyl (C=O) groups is 1. The van der Waals surface area contributed by atoms with E-state index in [9.17, 15) is 13.2 Å². The first-order valence-corrected chi connectivity index (χ1v) is 14.0. The monoisotopic (exact) mass is 536 g/mol. The Morgan fingerprint density at radius 3 is 2.41 bits per heavy atom. The number of nitrogens with one attached hydrogen (secondary N) is 2. The third-order valence-electron chi connectivity index (χ3n) is 5.17. The van der Waals surface area contributed by atoms with Gasteiger partial charge in [0.2, 0.25) is 0 Å². The zero-order valence-electron chi connectivity index (χ0n) is 19.1. The molecule has 9 heteroatoms. The van der Waals surface area contributed by atoms with Gasteiger partial charge in [-0.15, -0.1) is 0 Å². The summed E-state index contributed by atoms with van der Waals surface area (Å²) in [5.41, 5.74) is 4.21. The Morgan fingerprint density at radius 1 is 0.941 bits per heavy atom. The molecule has 0 unspecified atom stereocenters. The molecule has 0 saturated heterocycles. The molecule has 0 heterocycles. The molecule has 0 aromatic heterocycles. The van der Waals surface area contributed by atoms with Gasteiger partial charge in [-0.05, 0) is 67.8 Å². The molecule has 0 radical (unpaired) electrons. The van der Waals surface area contributed by atoms with E-state index in [-0.39, 0.29) is 16.4 Å². The van der Waals surface area contributed by atoms with Crippen molar-refractivity contribution >= 4 is 56.6 Å². The van der Waals surface area contributed by atoms with Gasteiger partial charge in [-0.25, -0.2) is 8.42 Å². The molecule has 0 fully saturated rings. The Balaban J connectivity index is 1.61. The minimum Gasteiger partial charge on any atom is -0.351 e. The van der Waals surface area contributed by atoms with E-state index in [2.05, 4.69) is 10.0 Å². The summed E-state index contributed by atoms with van der Waals surface area (Å²) in [6.45, 7) is 5.94. The number of thioether (sulfide) groups is 1. The summed E-state index contributed by atoms with van der Waals surface area (Å²) in [6.07, 6.45) is 0. The van der Waals surface area contributed by atoms with Gasteiger partial charge in [0.1, 0.15) is 0 Å². The third-order valence-corrected chi connectivity index (χ3v) is 8.27. The highest BCUT2D eigenvalue weighted by atomic mass is 35.5. The van der Waals surface area contributed by atoms with Gasteiger partial charge in [0.05, 0.1) is 10.6 Å². The first-order chi connectivity index (χ1) is 16.1. The fourth-order valence-electron chi connectivity index (χ4n) is 3.32. The molecule has 0 bridgehead atoms. The molecule has 0 saturated carbocycles. The Bertz CT molecular complexity index is 1310. The number of anilines is 1. The van der Waals surface area contributed by atoms with Crippen LogP contribution in [0.25, 0.3) is 0 Å². The normalized spacial score (nSPS) is 11.3. The van der Waals surface area contributed by atoms with E-state index in [0.717, 1.165) is 16.7 Å². The topological polar surface area (TPSA) is 75.3 Å². The Labute approximate surface area is 215 Å². The summed E-state index contributed by atoms with van der Waals surface area (Å²) in [7, 11) is -3.86. The van der Waals surface area contributed by atoms with E-state index in [0.29, 0.717) is 39.3 Å². The van der Waals surface area contributed by atoms with E-state index >= 15 is 0 Å². The Hall–Kier alpha value is -2.19. The molecule has 5 nitrogen and oxygen atoms in total. The molecule has 34 heavy (non-hydrogen) atoms. The summed E-state index contributed by atoms with van der Waals surface area (Å²) in [4.78, 5) is 12.7. The highest BCUT2D eigenvalue weighted by molar-refractivity contribution is 7.98. The van der Waals surface area contributed by atoms with Crippen LogP contribution in [0.1, 0.15) is 32.6 Å². The van der Waals surface area contributed by atoms with E-state index in [1.807, 2.05) is 32.0 Å². The van der Waals surface area contributed by atoms with Crippen molar-refractivity contribution < 1.29 is 13.2 Å². The Kier molecular flexibility index (Phi) is 8.93. The molecule has 180 valence electrons. The van der Waals surface area contributed by atoms with Crippen LogP contribution in [-0.2, 0) is 15.8 Å². The SMILES string of the molecule is Cc1ccc(NS(=O)(=O)c2cc(C(=O)NCCSCc3ccc(Cl)cc3Cl)ccc2C)c(C)c1. The van der Waals surface area contributed by atoms with Crippen molar-refractivity contribution in [3.05, 3.63) is 92.5 Å². The third kappa shape index (κ3) is 6.92. The lowest BCUT2D eigenvalue weighted by molar-refractivity contribution is 0.0956. The average molecular weight is 538 g/mol. The number of hydrogen-bond donors (Lipinski definition) is 2. The summed E-state index contributed by atoms with van der Waals surface area (Å²) in [5, 5.41) is 4.05. The van der Waals surface area contributed by atoms with Crippen molar-refractivity contribution in [3.8, 4) is 0 Å². The summed E-state index contributed by atoms with van der Waals surface area (Å²) < 4.78 is 28.7. The van der Waals surface area contributed by atoms with Crippen LogP contribution in [-0.4, -0.2) is 26.6 Å². The molecule has 0 aliphatic carbocycles. The number of carbonyl (C=O) groups excluding carboxylic acids is 1. The number of aryl methyl sites for hydroxylation is 3. The first kappa shape index (κ1) is 26.4. The van der Waals surface area contributed by atoms with Crippen molar-refractivity contribution in [2.75, 3.05) is 17.0 Å². The zero-order chi connectivity index (χ0) is 24.9. The van der Waals surface area contributed by atoms with E-state index in [1.165, 1.54) is 6.07 Å². The van der Waals surface area contributed by atoms with Crippen molar-refractivity contribution in [1.82, 2.24) is 5.32 Å². The predicted molar refractivity (Wildman–Crippen MR) is 143 cm³/mol. The number of hydrogen-bond acceptors (Lipinski definition) is 4. The largest absolute Gasteiger partial charge is 0.351 e. The second-order valence-electron chi connectivity index (χ2n) is 7.95. The van der Waals surface area contributed by atoms with Gasteiger partial charge in [0, 0.05) is 33.7 Å². The van der Waals surface area contributed by atoms with Gasteiger partial charge >= 0.3 is 0 Å². The van der Waals surface area contributed by atoms with E-state index in [4.69, 9.17) is 23.2 Å². The number of rotatable bonds is 9. The van der Waals surface area contributed by atoms with Crippen molar-refractivity contribution in [2.24, 2.45) is 0 Å². The van der Waals surface area contributed by atoms with E-state index in [1.54, 1.807) is 49.0 Å². The number of benzene rings is 3. The van der Waals surface area contributed by atoms with Crippen LogP contribution in [0.15, 0.2) is 59.5 Å². The molecule has 0 spiro atoms. The maximum Gasteiger partial charge on any atom is 0.262 e. The zero-order valence-corrected chi connectivity index (χ0v) is 22.3. The van der Waals surface area contributed by atoms with Crippen LogP contribution in [0, 0.1) is 20.8 Å². The molecular formula is C25H26Cl2N2O3S2. The van der Waals surface area contributed by atoms with Gasteiger partial charge in [0.25, 0.3) is 15.9 Å². The lowest BCUT2D eigenvalue weighted by Gasteiger charge is -2.14. The smallest absolute Gasteiger partial charge is 0.262 e. The van der Waals surface area contributed by atoms with E-state index < -0.39 is 10.0 Å². The predicted octanol–water partition coefficient (Wildman–Crippen LogP) is 6.38. The molecule has 0 aliphatic heterocycles. The van der Waals surface area contributed by atoms with Crippen LogP contribution in [0.2, 0.25) is 10.0 Å². The van der Waals surface area contributed by atoms with Crippen LogP contribution in [0.5, 0.6) is 0 Å². The van der Waals surface area contributed by atoms with Gasteiger partial charge in [-0.2, -0.15) is 11.8 Å². The number of halogens is 2. The molecule has 2 N–H and O–H groups in total. The highest BCUT2D eigenvalue weighted by Crippen LogP contribution is 2.25. The number of amides is 1. The van der Waals surface area contributed by atoms with Crippen molar-refractivity contribution in [1.29, 1.82) is 0 Å². The first-order valence-electron chi connectivity index (χ1n) is 10.6. The summed E-state index contributed by atoms with van der Waals surface area (Å²) in [6, 6.07) is 15.6. The summed E-state index contributed by atoms with van der Waals surface area (Å²) in [5.74, 6) is 1.05. The molecule has 0 atom stereocenters. The second kappa shape index (κ2) is 11.5. The van der Waals surface area contributed by atoms with Crippen LogP contribution < -0.4 is 10.0 Å². The van der Waals surface area contributed by atoms with Gasteiger partial charge in [-0.1, -0.05) is 53.0 Å². The minimum atomic E-state index is -3.86. The maximum absolute atomic E-state index is 13.1. The van der Waals surface area contributed by atoms with Crippen LogP contribution >= 0.6 is 35.0 Å². The molecule has 1 amide bonds. The Morgan fingerprint density at radius 2 is 1.71 bits per heavy atom. The highest BCUT2D eigenvalue weighted by Gasteiger charge is 2.20. The van der Waals surface area contributed by atoms with Gasteiger partial charge in [0.15, 0.2) is 0 Å². The number of sulfonamides is 1. The second-order valence-corrected chi connectivity index (χ2v) is 11.5. The molecule has 3 aromatic carbocycles. The van der Waals surface area contributed by atoms with Gasteiger partial charge in [-0.3, -0.25) is 9.52 Å². The maximum atomic E-state index is 13.1. The van der Waals surface area contributed by atoms with Crippen molar-refractivity contribution in [3.63, 3.8) is 0 Å². The van der Waals surface area contributed by atoms with Crippen LogP contribution in [0.3, 0.4) is 0 Å². The average Bonchev–Trinajstić information content (AvgIpc) is 2.77. The standard InChI is InChI=1S/C25H26Cl2N2O3S2/c1-16-4-9-23(18(3)12-16)29-34(31,32)24-13-19(6-5-17(24)2)25(30)28-10-11-33-15-20-7-8-21(26)14-22(20)27/h4-9,12-14,29H,10-11,15H2,1-3H3,(H,28,30). The molecule has 3 aromatic rings. The lowest BCUT2D eigenvalue weighted by Crippen LogP contribution is -2.26. The summed E-state index contributed by atoms with van der Waals surface area (Å²) >= 11 is 13.7. The molecule has 3 rings (SSSR count). The molecule has 0 aliphatic rings. The van der Waals surface area contributed by atoms with Gasteiger partial charge < -0.3 is 5.32 Å². The fraction of sp³-hybridized carbons (Fsp3) is 0.240.